The Kier molecular flexibility index (Phi) is 4.53. The van der Waals surface area contributed by atoms with Crippen LogP contribution in [0.5, 0.6) is 0 Å². The summed E-state index contributed by atoms with van der Waals surface area (Å²) in [4.78, 5) is 27.5. The number of aromatic amines is 1. The number of hydrogen-bond donors (Lipinski definition) is 2. The van der Waals surface area contributed by atoms with Gasteiger partial charge in [0, 0.05) is 23.2 Å². The van der Waals surface area contributed by atoms with Crippen LogP contribution < -0.4 is 10.9 Å². The number of fused-ring (bicyclic) bond motifs is 1. The van der Waals surface area contributed by atoms with Gasteiger partial charge in [-0.1, -0.05) is 36.4 Å². The van der Waals surface area contributed by atoms with E-state index in [1.807, 2.05) is 61.0 Å². The van der Waals surface area contributed by atoms with E-state index < -0.39 is 0 Å². The molecule has 0 saturated heterocycles. The predicted octanol–water partition coefficient (Wildman–Crippen LogP) is 3.26. The lowest BCUT2D eigenvalue weighted by Gasteiger charge is -2.08. The third-order valence-electron chi connectivity index (χ3n) is 4.87. The second kappa shape index (κ2) is 7.15. The van der Waals surface area contributed by atoms with Gasteiger partial charge >= 0.3 is 0 Å². The molecule has 2 N–H and O–H groups in total. The largest absolute Gasteiger partial charge is 0.347 e. The topological polar surface area (TPSA) is 79.8 Å². The molecule has 0 unspecified atom stereocenters. The lowest BCUT2D eigenvalue weighted by atomic mass is 10.1. The molecule has 0 aliphatic carbocycles. The van der Waals surface area contributed by atoms with E-state index in [2.05, 4.69) is 15.4 Å². The fourth-order valence-corrected chi connectivity index (χ4v) is 3.35. The van der Waals surface area contributed by atoms with Gasteiger partial charge in [-0.05, 0) is 43.5 Å². The number of pyridine rings is 1. The first kappa shape index (κ1) is 17.7. The van der Waals surface area contributed by atoms with Crippen LogP contribution in [0.25, 0.3) is 16.5 Å². The summed E-state index contributed by atoms with van der Waals surface area (Å²) >= 11 is 0. The number of carbonyl (C=O) groups excluding carboxylic acids is 1. The van der Waals surface area contributed by atoms with E-state index in [1.54, 1.807) is 18.2 Å². The fraction of sp³-hybridized carbons (Fsp3) is 0.136. The molecule has 2 aromatic heterocycles. The minimum atomic E-state index is -0.325. The molecule has 28 heavy (non-hydrogen) atoms. The van der Waals surface area contributed by atoms with E-state index in [0.29, 0.717) is 11.9 Å². The van der Waals surface area contributed by atoms with E-state index in [-0.39, 0.29) is 17.2 Å². The van der Waals surface area contributed by atoms with Crippen LogP contribution in [0.3, 0.4) is 0 Å². The molecule has 0 radical (unpaired) electrons. The predicted molar refractivity (Wildman–Crippen MR) is 109 cm³/mol. The third kappa shape index (κ3) is 3.20. The van der Waals surface area contributed by atoms with Crippen molar-refractivity contribution in [2.45, 2.75) is 20.4 Å². The number of benzene rings is 2. The van der Waals surface area contributed by atoms with Crippen LogP contribution in [0.1, 0.15) is 27.4 Å². The van der Waals surface area contributed by atoms with Crippen LogP contribution in [0.2, 0.25) is 0 Å². The minimum Gasteiger partial charge on any atom is -0.347 e. The van der Waals surface area contributed by atoms with Crippen LogP contribution in [-0.2, 0) is 6.54 Å². The van der Waals surface area contributed by atoms with Gasteiger partial charge in [-0.15, -0.1) is 0 Å². The molecule has 0 saturated carbocycles. The molecular formula is C22H20N4O2. The SMILES string of the molecule is Cc1nn(-c2ccccc2)c(C)c1CNC(=O)c1cc2ccccc2c(=O)[nH]1. The Balaban J connectivity index is 1.58. The van der Waals surface area contributed by atoms with Crippen molar-refractivity contribution in [2.75, 3.05) is 0 Å². The molecule has 4 aromatic rings. The molecule has 0 aliphatic rings. The first-order valence-corrected chi connectivity index (χ1v) is 9.05. The quantitative estimate of drug-likeness (QED) is 0.577. The molecule has 0 fully saturated rings. The van der Waals surface area contributed by atoms with Crippen LogP contribution >= 0.6 is 0 Å². The Labute approximate surface area is 161 Å². The Morgan fingerprint density at radius 2 is 1.79 bits per heavy atom. The molecule has 2 heterocycles. The first-order valence-electron chi connectivity index (χ1n) is 9.05. The number of carbonyl (C=O) groups is 1. The average molecular weight is 372 g/mol. The van der Waals surface area contributed by atoms with Gasteiger partial charge in [0.25, 0.3) is 11.5 Å². The number of para-hydroxylation sites is 1. The Bertz CT molecular complexity index is 1220. The van der Waals surface area contributed by atoms with Crippen molar-refractivity contribution in [1.29, 1.82) is 0 Å². The van der Waals surface area contributed by atoms with Crippen molar-refractivity contribution in [1.82, 2.24) is 20.1 Å². The van der Waals surface area contributed by atoms with Gasteiger partial charge in [-0.2, -0.15) is 5.10 Å². The first-order chi connectivity index (χ1) is 13.5. The van der Waals surface area contributed by atoms with Gasteiger partial charge < -0.3 is 10.3 Å². The van der Waals surface area contributed by atoms with Crippen LogP contribution in [0.15, 0.2) is 65.5 Å². The number of nitrogens with one attached hydrogen (secondary N) is 2. The summed E-state index contributed by atoms with van der Waals surface area (Å²) in [6.45, 7) is 4.23. The van der Waals surface area contributed by atoms with E-state index >= 15 is 0 Å². The molecule has 4 rings (SSSR count). The normalized spacial score (nSPS) is 10.9. The van der Waals surface area contributed by atoms with Crippen LogP contribution in [-0.4, -0.2) is 20.7 Å². The van der Waals surface area contributed by atoms with E-state index in [0.717, 1.165) is 28.0 Å². The van der Waals surface area contributed by atoms with Crippen molar-refractivity contribution >= 4 is 16.7 Å². The minimum absolute atomic E-state index is 0.245. The molecule has 0 spiro atoms. The van der Waals surface area contributed by atoms with Gasteiger partial charge in [-0.3, -0.25) is 9.59 Å². The number of aromatic nitrogens is 3. The van der Waals surface area contributed by atoms with Crippen molar-refractivity contribution < 1.29 is 4.79 Å². The van der Waals surface area contributed by atoms with Crippen molar-refractivity contribution in [3.05, 3.63) is 93.7 Å². The lowest BCUT2D eigenvalue weighted by molar-refractivity contribution is 0.0946. The van der Waals surface area contributed by atoms with Crippen LogP contribution in [0.4, 0.5) is 0 Å². The molecule has 0 atom stereocenters. The summed E-state index contributed by atoms with van der Waals surface area (Å²) in [5.41, 5.74) is 3.73. The Morgan fingerprint density at radius 1 is 1.07 bits per heavy atom. The average Bonchev–Trinajstić information content (AvgIpc) is 3.00. The Morgan fingerprint density at radius 3 is 2.57 bits per heavy atom. The maximum atomic E-state index is 12.6. The number of amides is 1. The van der Waals surface area contributed by atoms with Gasteiger partial charge in [0.1, 0.15) is 5.69 Å². The van der Waals surface area contributed by atoms with Crippen molar-refractivity contribution in [2.24, 2.45) is 0 Å². The zero-order chi connectivity index (χ0) is 19.7. The fourth-order valence-electron chi connectivity index (χ4n) is 3.35. The van der Waals surface area contributed by atoms with Crippen molar-refractivity contribution in [3.63, 3.8) is 0 Å². The molecule has 0 bridgehead atoms. The van der Waals surface area contributed by atoms with Crippen LogP contribution in [0, 0.1) is 13.8 Å². The number of hydrogen-bond acceptors (Lipinski definition) is 3. The number of rotatable bonds is 4. The zero-order valence-electron chi connectivity index (χ0n) is 15.7. The highest BCUT2D eigenvalue weighted by Crippen LogP contribution is 2.18. The molecule has 1 amide bonds. The second-order valence-corrected chi connectivity index (χ2v) is 6.68. The zero-order valence-corrected chi connectivity index (χ0v) is 15.7. The van der Waals surface area contributed by atoms with Gasteiger partial charge in [0.15, 0.2) is 0 Å². The summed E-state index contributed by atoms with van der Waals surface area (Å²) in [6, 6.07) is 18.7. The second-order valence-electron chi connectivity index (χ2n) is 6.68. The monoisotopic (exact) mass is 372 g/mol. The van der Waals surface area contributed by atoms with Gasteiger partial charge in [0.05, 0.1) is 11.4 Å². The molecule has 6 nitrogen and oxygen atoms in total. The highest BCUT2D eigenvalue weighted by Gasteiger charge is 2.15. The summed E-state index contributed by atoms with van der Waals surface area (Å²) in [5.74, 6) is -0.325. The summed E-state index contributed by atoms with van der Waals surface area (Å²) in [5, 5.41) is 8.79. The standard InChI is InChI=1S/C22H20N4O2/c1-14-19(15(2)26(25-14)17-9-4-3-5-10-17)13-23-22(28)20-12-16-8-6-7-11-18(16)21(27)24-20/h3-12H,13H2,1-2H3,(H,23,28)(H,24,27). The number of H-pyrrole nitrogens is 1. The van der Waals surface area contributed by atoms with E-state index in [9.17, 15) is 9.59 Å². The smallest absolute Gasteiger partial charge is 0.268 e. The van der Waals surface area contributed by atoms with E-state index in [1.165, 1.54) is 0 Å². The highest BCUT2D eigenvalue weighted by atomic mass is 16.2. The number of nitrogens with zero attached hydrogens (tertiary/aromatic N) is 2. The number of aryl methyl sites for hydroxylation is 1. The maximum absolute atomic E-state index is 12.6. The molecule has 2 aromatic carbocycles. The third-order valence-corrected chi connectivity index (χ3v) is 4.87. The summed E-state index contributed by atoms with van der Waals surface area (Å²) in [6.07, 6.45) is 0. The highest BCUT2D eigenvalue weighted by molar-refractivity contribution is 5.96. The molecule has 0 aliphatic heterocycles. The summed E-state index contributed by atoms with van der Waals surface area (Å²) in [7, 11) is 0. The van der Waals surface area contributed by atoms with E-state index in [4.69, 9.17) is 0 Å². The van der Waals surface area contributed by atoms with Crippen molar-refractivity contribution in [3.8, 4) is 5.69 Å². The lowest BCUT2D eigenvalue weighted by Crippen LogP contribution is -2.26. The molecule has 6 heteroatoms. The Hall–Kier alpha value is -3.67. The molecule has 140 valence electrons. The maximum Gasteiger partial charge on any atom is 0.268 e. The van der Waals surface area contributed by atoms with Gasteiger partial charge in [0.2, 0.25) is 0 Å². The van der Waals surface area contributed by atoms with Gasteiger partial charge in [-0.25, -0.2) is 4.68 Å². The molecular weight excluding hydrogens is 352 g/mol. The summed E-state index contributed by atoms with van der Waals surface area (Å²) < 4.78 is 1.87.